The second-order valence-electron chi connectivity index (χ2n) is 5.92. The molecule has 142 valence electrons. The van der Waals surface area contributed by atoms with Crippen molar-refractivity contribution in [2.75, 3.05) is 12.4 Å². The van der Waals surface area contributed by atoms with Gasteiger partial charge in [-0.1, -0.05) is 6.07 Å². The van der Waals surface area contributed by atoms with E-state index in [1.54, 1.807) is 18.2 Å². The summed E-state index contributed by atoms with van der Waals surface area (Å²) >= 11 is 1.16. The highest BCUT2D eigenvalue weighted by molar-refractivity contribution is 7.21. The molecule has 0 radical (unpaired) electrons. The molecular formula is C19H14F2N4O2S. The second kappa shape index (κ2) is 7.45. The maximum Gasteiger partial charge on any atom is 0.266 e. The molecule has 6 nitrogen and oxygen atoms in total. The molecule has 4 aromatic rings. The predicted octanol–water partition coefficient (Wildman–Crippen LogP) is 4.16. The van der Waals surface area contributed by atoms with E-state index in [-0.39, 0.29) is 18.0 Å². The van der Waals surface area contributed by atoms with Crippen LogP contribution in [0.15, 0.2) is 49.1 Å². The number of carbonyl (C=O) groups excluding carboxylic acids is 1. The number of thiophene rings is 1. The van der Waals surface area contributed by atoms with Gasteiger partial charge in [0.2, 0.25) is 0 Å². The van der Waals surface area contributed by atoms with E-state index in [1.165, 1.54) is 42.6 Å². The van der Waals surface area contributed by atoms with Crippen molar-refractivity contribution >= 4 is 33.0 Å². The van der Waals surface area contributed by atoms with Crippen LogP contribution in [0, 0.1) is 11.6 Å². The lowest BCUT2D eigenvalue weighted by atomic mass is 10.1. The van der Waals surface area contributed by atoms with E-state index < -0.39 is 17.5 Å². The zero-order valence-corrected chi connectivity index (χ0v) is 15.5. The van der Waals surface area contributed by atoms with Crippen LogP contribution in [0.2, 0.25) is 0 Å². The Kier molecular flexibility index (Phi) is 4.84. The molecule has 0 saturated carbocycles. The number of halogens is 2. The third-order valence-electron chi connectivity index (χ3n) is 4.13. The first-order valence-corrected chi connectivity index (χ1v) is 9.05. The molecule has 0 aliphatic rings. The van der Waals surface area contributed by atoms with E-state index in [0.29, 0.717) is 20.5 Å². The normalized spacial score (nSPS) is 11.1. The molecule has 0 fully saturated rings. The average molecular weight is 400 g/mol. The maximum absolute atomic E-state index is 14.4. The molecule has 0 unspecified atom stereocenters. The first-order chi connectivity index (χ1) is 13.6. The molecule has 0 aliphatic heterocycles. The molecule has 0 bridgehead atoms. The summed E-state index contributed by atoms with van der Waals surface area (Å²) in [5, 5.41) is 6.91. The van der Waals surface area contributed by atoms with Crippen molar-refractivity contribution in [3.63, 3.8) is 0 Å². The van der Waals surface area contributed by atoms with E-state index in [4.69, 9.17) is 4.74 Å². The van der Waals surface area contributed by atoms with Crippen LogP contribution in [-0.4, -0.2) is 27.8 Å². The van der Waals surface area contributed by atoms with Gasteiger partial charge in [0.05, 0.1) is 11.5 Å². The van der Waals surface area contributed by atoms with Gasteiger partial charge in [-0.2, -0.15) is 5.10 Å². The Morgan fingerprint density at radius 2 is 2.11 bits per heavy atom. The summed E-state index contributed by atoms with van der Waals surface area (Å²) in [5.41, 5.74) is 0.949. The number of nitrogens with one attached hydrogen (secondary N) is 1. The van der Waals surface area contributed by atoms with Gasteiger partial charge in [-0.25, -0.2) is 18.4 Å². The van der Waals surface area contributed by atoms with Crippen LogP contribution in [-0.2, 0) is 11.3 Å². The Morgan fingerprint density at radius 1 is 1.25 bits per heavy atom. The highest BCUT2D eigenvalue weighted by Gasteiger charge is 2.21. The molecule has 2 aromatic carbocycles. The Labute approximate surface area is 162 Å². The van der Waals surface area contributed by atoms with Crippen molar-refractivity contribution in [2.45, 2.75) is 6.61 Å². The minimum Gasteiger partial charge on any atom is -0.380 e. The first kappa shape index (κ1) is 18.2. The van der Waals surface area contributed by atoms with Gasteiger partial charge in [0, 0.05) is 28.4 Å². The van der Waals surface area contributed by atoms with Gasteiger partial charge in [0.1, 0.15) is 24.2 Å². The Hall–Kier alpha value is -3.17. The van der Waals surface area contributed by atoms with Crippen molar-refractivity contribution in [1.29, 1.82) is 0 Å². The van der Waals surface area contributed by atoms with Crippen LogP contribution in [0.4, 0.5) is 14.5 Å². The van der Waals surface area contributed by atoms with Crippen molar-refractivity contribution < 1.29 is 18.3 Å². The van der Waals surface area contributed by atoms with E-state index in [2.05, 4.69) is 15.4 Å². The van der Waals surface area contributed by atoms with Crippen LogP contribution < -0.4 is 5.32 Å². The van der Waals surface area contributed by atoms with E-state index >= 15 is 0 Å². The fourth-order valence-electron chi connectivity index (χ4n) is 2.92. The van der Waals surface area contributed by atoms with Crippen molar-refractivity contribution in [3.8, 4) is 5.69 Å². The third-order valence-corrected chi connectivity index (χ3v) is 5.33. The van der Waals surface area contributed by atoms with E-state index in [1.807, 2.05) is 0 Å². The summed E-state index contributed by atoms with van der Waals surface area (Å²) in [5.74, 6) is -1.44. The SMILES string of the molecule is COCc1c(C(=O)Nc2ccc(-n3cncn3)c(F)c2)sc2cccc(F)c12. The minimum absolute atomic E-state index is 0.0866. The zero-order chi connectivity index (χ0) is 19.7. The van der Waals surface area contributed by atoms with E-state index in [9.17, 15) is 13.6 Å². The summed E-state index contributed by atoms with van der Waals surface area (Å²) in [7, 11) is 1.48. The fourth-order valence-corrected chi connectivity index (χ4v) is 4.04. The first-order valence-electron chi connectivity index (χ1n) is 8.23. The topological polar surface area (TPSA) is 69.0 Å². The molecule has 28 heavy (non-hydrogen) atoms. The Morgan fingerprint density at radius 3 is 2.82 bits per heavy atom. The minimum atomic E-state index is -0.567. The summed E-state index contributed by atoms with van der Waals surface area (Å²) in [4.78, 5) is 16.9. The molecule has 0 saturated heterocycles. The molecule has 0 atom stereocenters. The second-order valence-corrected chi connectivity index (χ2v) is 6.97. The number of ether oxygens (including phenoxy) is 1. The van der Waals surface area contributed by atoms with Gasteiger partial charge in [-0.05, 0) is 30.3 Å². The summed E-state index contributed by atoms with van der Waals surface area (Å²) in [6.45, 7) is 0.0866. The van der Waals surface area contributed by atoms with Crippen molar-refractivity contribution in [1.82, 2.24) is 14.8 Å². The van der Waals surface area contributed by atoms with Crippen LogP contribution in [0.1, 0.15) is 15.2 Å². The molecule has 0 aliphatic carbocycles. The number of anilines is 1. The standard InChI is InChI=1S/C19H14F2N4O2S/c1-27-8-12-17-13(20)3-2-4-16(17)28-18(12)19(26)24-11-5-6-15(14(21)7-11)25-10-22-9-23-25/h2-7,9-10H,8H2,1H3,(H,24,26). The number of nitrogens with zero attached hydrogens (tertiary/aromatic N) is 3. The molecule has 1 amide bonds. The highest BCUT2D eigenvalue weighted by Crippen LogP contribution is 2.34. The molecule has 4 rings (SSSR count). The lowest BCUT2D eigenvalue weighted by molar-refractivity contribution is 0.102. The maximum atomic E-state index is 14.4. The van der Waals surface area contributed by atoms with Gasteiger partial charge in [-0.15, -0.1) is 11.3 Å². The number of hydrogen-bond acceptors (Lipinski definition) is 5. The quantitative estimate of drug-likeness (QED) is 0.546. The molecule has 0 spiro atoms. The summed E-state index contributed by atoms with van der Waals surface area (Å²) < 4.78 is 35.7. The monoisotopic (exact) mass is 400 g/mol. The molecule has 1 N–H and O–H groups in total. The number of methoxy groups -OCH3 is 1. The van der Waals surface area contributed by atoms with Gasteiger partial charge < -0.3 is 10.1 Å². The molecular weight excluding hydrogens is 386 g/mol. The number of fused-ring (bicyclic) bond motifs is 1. The van der Waals surface area contributed by atoms with E-state index in [0.717, 1.165) is 11.3 Å². The number of aromatic nitrogens is 3. The smallest absolute Gasteiger partial charge is 0.266 e. The number of hydrogen-bond donors (Lipinski definition) is 1. The van der Waals surface area contributed by atoms with Crippen LogP contribution in [0.25, 0.3) is 15.8 Å². The number of rotatable bonds is 5. The van der Waals surface area contributed by atoms with Crippen LogP contribution >= 0.6 is 11.3 Å². The molecule has 2 heterocycles. The van der Waals surface area contributed by atoms with Crippen LogP contribution in [0.3, 0.4) is 0 Å². The third kappa shape index (κ3) is 3.25. The van der Waals surface area contributed by atoms with Gasteiger partial charge >= 0.3 is 0 Å². The van der Waals surface area contributed by atoms with Gasteiger partial charge in [0.25, 0.3) is 5.91 Å². The lowest BCUT2D eigenvalue weighted by Gasteiger charge is -2.08. The molecule has 9 heteroatoms. The fraction of sp³-hybridized carbons (Fsp3) is 0.105. The number of carbonyl (C=O) groups is 1. The largest absolute Gasteiger partial charge is 0.380 e. The summed E-state index contributed by atoms with van der Waals surface area (Å²) in [6.07, 6.45) is 2.67. The molecule has 2 aromatic heterocycles. The predicted molar refractivity (Wildman–Crippen MR) is 102 cm³/mol. The number of amides is 1. The highest BCUT2D eigenvalue weighted by atomic mass is 32.1. The summed E-state index contributed by atoms with van der Waals surface area (Å²) in [6, 6.07) is 8.91. The Bertz CT molecular complexity index is 1160. The Balaban J connectivity index is 1.66. The average Bonchev–Trinajstić information content (AvgIpc) is 3.31. The van der Waals surface area contributed by atoms with Crippen molar-refractivity contribution in [3.05, 3.63) is 71.1 Å². The van der Waals surface area contributed by atoms with Gasteiger partial charge in [-0.3, -0.25) is 4.79 Å². The zero-order valence-electron chi connectivity index (χ0n) is 14.6. The number of benzene rings is 2. The van der Waals surface area contributed by atoms with Crippen LogP contribution in [0.5, 0.6) is 0 Å². The lowest BCUT2D eigenvalue weighted by Crippen LogP contribution is -2.13. The van der Waals surface area contributed by atoms with Crippen molar-refractivity contribution in [2.24, 2.45) is 0 Å². The van der Waals surface area contributed by atoms with Gasteiger partial charge in [0.15, 0.2) is 5.82 Å².